The predicted octanol–water partition coefficient (Wildman–Crippen LogP) is 4.21. The number of nitrogens with zero attached hydrogens (tertiary/aromatic N) is 6. The molecule has 1 aliphatic rings. The molecule has 0 aliphatic carbocycles. The van der Waals surface area contributed by atoms with Crippen molar-refractivity contribution in [2.75, 3.05) is 13.1 Å². The Bertz CT molecular complexity index is 1340. The number of piperidine rings is 1. The summed E-state index contributed by atoms with van der Waals surface area (Å²) >= 11 is 0. The number of pyridine rings is 2. The van der Waals surface area contributed by atoms with E-state index in [0.717, 1.165) is 39.6 Å². The van der Waals surface area contributed by atoms with Crippen LogP contribution in [-0.4, -0.2) is 48.5 Å². The third-order valence-corrected chi connectivity index (χ3v) is 6.00. The van der Waals surface area contributed by atoms with Gasteiger partial charge >= 0.3 is 0 Å². The van der Waals surface area contributed by atoms with Crippen LogP contribution in [0.1, 0.15) is 24.8 Å². The zero-order chi connectivity index (χ0) is 20.6. The molecule has 154 valence electrons. The van der Waals surface area contributed by atoms with Gasteiger partial charge in [-0.25, -0.2) is 9.97 Å². The van der Waals surface area contributed by atoms with Crippen molar-refractivity contribution in [3.8, 4) is 22.7 Å². The minimum absolute atomic E-state index is 0.296. The van der Waals surface area contributed by atoms with Gasteiger partial charge in [0.05, 0.1) is 17.0 Å². The lowest BCUT2D eigenvalue weighted by atomic mass is 10.0. The van der Waals surface area contributed by atoms with Crippen molar-refractivity contribution in [1.29, 1.82) is 0 Å². The third kappa shape index (κ3) is 3.44. The molecule has 0 radical (unpaired) electrons. The van der Waals surface area contributed by atoms with Crippen LogP contribution >= 0.6 is 0 Å². The highest BCUT2D eigenvalue weighted by Crippen LogP contribution is 2.30. The second kappa shape index (κ2) is 7.55. The summed E-state index contributed by atoms with van der Waals surface area (Å²) in [5.74, 6) is 0.296. The Kier molecular flexibility index (Phi) is 4.42. The van der Waals surface area contributed by atoms with E-state index in [1.54, 1.807) is 6.20 Å². The molecule has 5 aromatic rings. The van der Waals surface area contributed by atoms with Crippen LogP contribution in [0.3, 0.4) is 0 Å². The molecule has 0 spiro atoms. The van der Waals surface area contributed by atoms with Crippen LogP contribution < -0.4 is 0 Å². The van der Waals surface area contributed by atoms with E-state index in [0.29, 0.717) is 11.6 Å². The fourth-order valence-corrected chi connectivity index (χ4v) is 4.36. The number of benzene rings is 1. The van der Waals surface area contributed by atoms with Gasteiger partial charge < -0.3 is 9.51 Å². The molecule has 5 heterocycles. The molecule has 31 heavy (non-hydrogen) atoms. The number of likely N-dealkylation sites (tertiary alicyclic amines) is 1. The van der Waals surface area contributed by atoms with Gasteiger partial charge in [0.2, 0.25) is 0 Å². The first-order chi connectivity index (χ1) is 15.3. The highest BCUT2D eigenvalue weighted by molar-refractivity contribution is 6.07. The van der Waals surface area contributed by atoms with Gasteiger partial charge in [-0.1, -0.05) is 35.8 Å². The monoisotopic (exact) mass is 411 g/mol. The highest BCUT2D eigenvalue weighted by atomic mass is 16.5. The van der Waals surface area contributed by atoms with E-state index < -0.39 is 0 Å². The van der Waals surface area contributed by atoms with E-state index in [-0.39, 0.29) is 0 Å². The Labute approximate surface area is 178 Å². The van der Waals surface area contributed by atoms with E-state index in [4.69, 9.17) is 4.52 Å². The number of fused-ring (bicyclic) bond motifs is 3. The fourth-order valence-electron chi connectivity index (χ4n) is 4.36. The van der Waals surface area contributed by atoms with E-state index in [2.05, 4.69) is 65.8 Å². The van der Waals surface area contributed by atoms with Crippen molar-refractivity contribution in [3.63, 3.8) is 0 Å². The van der Waals surface area contributed by atoms with Gasteiger partial charge in [0.25, 0.3) is 5.89 Å². The number of rotatable bonds is 4. The van der Waals surface area contributed by atoms with Crippen LogP contribution in [-0.2, 0) is 6.54 Å². The standard InChI is InChI=1S/C23H21N7O/c1-2-8-30(9-3-1)14-15-4-6-16(7-5-15)17-10-19-18-11-20(23-27-28-29-31-23)24-13-21(18)26-22(19)25-12-17/h4-7,10-13H,1-3,8-9,14H2,(H,25,26). The Morgan fingerprint density at radius 1 is 0.903 bits per heavy atom. The van der Waals surface area contributed by atoms with E-state index in [1.165, 1.54) is 37.9 Å². The molecule has 6 rings (SSSR count). The van der Waals surface area contributed by atoms with Crippen molar-refractivity contribution in [3.05, 3.63) is 54.4 Å². The summed E-state index contributed by atoms with van der Waals surface area (Å²) in [4.78, 5) is 14.9. The number of hydrogen-bond acceptors (Lipinski definition) is 7. The van der Waals surface area contributed by atoms with Crippen LogP contribution in [0.25, 0.3) is 44.6 Å². The molecule has 1 saturated heterocycles. The molecule has 1 aromatic carbocycles. The summed E-state index contributed by atoms with van der Waals surface area (Å²) in [7, 11) is 0. The van der Waals surface area contributed by atoms with Crippen molar-refractivity contribution in [2.24, 2.45) is 0 Å². The average Bonchev–Trinajstić information content (AvgIpc) is 3.48. The molecule has 0 amide bonds. The average molecular weight is 411 g/mol. The Morgan fingerprint density at radius 2 is 1.77 bits per heavy atom. The van der Waals surface area contributed by atoms with E-state index in [1.807, 2.05) is 12.3 Å². The predicted molar refractivity (Wildman–Crippen MR) is 117 cm³/mol. The molecule has 1 fully saturated rings. The van der Waals surface area contributed by atoms with Crippen LogP contribution in [0.5, 0.6) is 0 Å². The zero-order valence-electron chi connectivity index (χ0n) is 17.0. The lowest BCUT2D eigenvalue weighted by Gasteiger charge is -2.26. The Balaban J connectivity index is 1.33. The van der Waals surface area contributed by atoms with Gasteiger partial charge in [0, 0.05) is 29.1 Å². The van der Waals surface area contributed by atoms with Crippen molar-refractivity contribution in [2.45, 2.75) is 25.8 Å². The smallest absolute Gasteiger partial charge is 0.296 e. The maximum absolute atomic E-state index is 5.05. The first-order valence-corrected chi connectivity index (χ1v) is 10.6. The lowest BCUT2D eigenvalue weighted by molar-refractivity contribution is 0.221. The minimum Gasteiger partial charge on any atom is -0.338 e. The van der Waals surface area contributed by atoms with Gasteiger partial charge in [0.15, 0.2) is 0 Å². The maximum atomic E-state index is 5.05. The first kappa shape index (κ1) is 18.1. The number of hydrogen-bond donors (Lipinski definition) is 1. The quantitative estimate of drug-likeness (QED) is 0.473. The van der Waals surface area contributed by atoms with Crippen LogP contribution in [0.15, 0.2) is 53.3 Å². The lowest BCUT2D eigenvalue weighted by Crippen LogP contribution is -2.28. The van der Waals surface area contributed by atoms with Crippen molar-refractivity contribution >= 4 is 21.9 Å². The summed E-state index contributed by atoms with van der Waals surface area (Å²) in [5, 5.41) is 12.8. The summed E-state index contributed by atoms with van der Waals surface area (Å²) in [6.07, 6.45) is 7.66. The number of H-pyrrole nitrogens is 1. The Hall–Kier alpha value is -3.65. The molecule has 0 atom stereocenters. The van der Waals surface area contributed by atoms with E-state index >= 15 is 0 Å². The van der Waals surface area contributed by atoms with Crippen LogP contribution in [0.4, 0.5) is 0 Å². The Morgan fingerprint density at radius 3 is 2.58 bits per heavy atom. The topological polar surface area (TPSA) is 96.6 Å². The zero-order valence-corrected chi connectivity index (χ0v) is 17.0. The maximum Gasteiger partial charge on any atom is 0.296 e. The number of aromatic amines is 1. The summed E-state index contributed by atoms with van der Waals surface area (Å²) in [6, 6.07) is 12.9. The van der Waals surface area contributed by atoms with Crippen molar-refractivity contribution < 1.29 is 4.52 Å². The molecule has 0 unspecified atom stereocenters. The second-order valence-electron chi connectivity index (χ2n) is 8.06. The fraction of sp³-hybridized carbons (Fsp3) is 0.261. The van der Waals surface area contributed by atoms with Gasteiger partial charge in [-0.2, -0.15) is 0 Å². The molecule has 4 aromatic heterocycles. The molecule has 1 aliphatic heterocycles. The SMILES string of the molecule is c1cc(-c2cnc3[nH]c4cnc(-c5nnno5)cc4c3c2)ccc1CN1CCCCC1. The van der Waals surface area contributed by atoms with Gasteiger partial charge in [-0.15, -0.1) is 0 Å². The first-order valence-electron chi connectivity index (χ1n) is 10.6. The number of nitrogens with one attached hydrogen (secondary N) is 1. The largest absolute Gasteiger partial charge is 0.338 e. The normalized spacial score (nSPS) is 15.1. The molecule has 0 bridgehead atoms. The molecular weight excluding hydrogens is 390 g/mol. The highest BCUT2D eigenvalue weighted by Gasteiger charge is 2.13. The summed E-state index contributed by atoms with van der Waals surface area (Å²) < 4.78 is 5.05. The minimum atomic E-state index is 0.296. The molecule has 8 nitrogen and oxygen atoms in total. The molecular formula is C23H21N7O. The van der Waals surface area contributed by atoms with Crippen LogP contribution in [0, 0.1) is 0 Å². The van der Waals surface area contributed by atoms with Crippen LogP contribution in [0.2, 0.25) is 0 Å². The van der Waals surface area contributed by atoms with Gasteiger partial charge in [0.1, 0.15) is 11.3 Å². The third-order valence-electron chi connectivity index (χ3n) is 6.00. The second-order valence-corrected chi connectivity index (χ2v) is 8.06. The molecule has 0 saturated carbocycles. The van der Waals surface area contributed by atoms with Crippen molar-refractivity contribution in [1.82, 2.24) is 35.4 Å². The van der Waals surface area contributed by atoms with Gasteiger partial charge in [-0.3, -0.25) is 4.90 Å². The van der Waals surface area contributed by atoms with Gasteiger partial charge in [-0.05, 0) is 54.4 Å². The van der Waals surface area contributed by atoms with E-state index in [9.17, 15) is 0 Å². The molecule has 8 heteroatoms. The summed E-state index contributed by atoms with van der Waals surface area (Å²) in [6.45, 7) is 3.44. The number of aromatic nitrogens is 6. The summed E-state index contributed by atoms with van der Waals surface area (Å²) in [5.41, 5.74) is 5.91. The molecule has 1 N–H and O–H groups in total.